The van der Waals surface area contributed by atoms with Gasteiger partial charge in [0.25, 0.3) is 11.8 Å². The number of hydrogen-bond acceptors (Lipinski definition) is 5. The fourth-order valence-electron chi connectivity index (χ4n) is 2.69. The van der Waals surface area contributed by atoms with Crippen molar-refractivity contribution in [2.24, 2.45) is 0 Å². The molecule has 0 aromatic heterocycles. The second-order valence-electron chi connectivity index (χ2n) is 5.71. The van der Waals surface area contributed by atoms with Gasteiger partial charge in [0.2, 0.25) is 5.78 Å². The summed E-state index contributed by atoms with van der Waals surface area (Å²) in [7, 11) is 0. The Labute approximate surface area is 148 Å². The number of carbonyl (C=O) groups excluding carboxylic acids is 4. The zero-order chi connectivity index (χ0) is 18.8. The highest BCUT2D eigenvalue weighted by Gasteiger charge is 2.41. The third-order valence-corrected chi connectivity index (χ3v) is 4.07. The lowest BCUT2D eigenvalue weighted by Crippen LogP contribution is -2.44. The number of ketones is 1. The fourth-order valence-corrected chi connectivity index (χ4v) is 2.69. The smallest absolute Gasteiger partial charge is 0.329 e. The van der Waals surface area contributed by atoms with Gasteiger partial charge < -0.3 is 4.74 Å². The highest BCUT2D eigenvalue weighted by molar-refractivity contribution is 6.22. The number of amides is 2. The molecule has 132 valence electrons. The van der Waals surface area contributed by atoms with Crippen LogP contribution in [-0.4, -0.2) is 41.1 Å². The summed E-state index contributed by atoms with van der Waals surface area (Å²) in [5.41, 5.74) is 0.216. The summed E-state index contributed by atoms with van der Waals surface area (Å²) in [5, 5.41) is 0. The number of hydrogen-bond donors (Lipinski definition) is 0. The Balaban J connectivity index is 1.68. The first-order valence-electron chi connectivity index (χ1n) is 7.83. The van der Waals surface area contributed by atoms with Gasteiger partial charge in [-0.15, -0.1) is 0 Å². The zero-order valence-corrected chi connectivity index (χ0v) is 13.8. The molecule has 0 fully saturated rings. The molecular formula is C19H14FNO5. The predicted molar refractivity (Wildman–Crippen MR) is 88.1 cm³/mol. The summed E-state index contributed by atoms with van der Waals surface area (Å²) in [4.78, 5) is 49.6. The lowest BCUT2D eigenvalue weighted by atomic mass is 10.1. The van der Waals surface area contributed by atoms with Crippen molar-refractivity contribution < 1.29 is 28.3 Å². The third kappa shape index (κ3) is 2.99. The molecule has 0 N–H and O–H groups in total. The van der Waals surface area contributed by atoms with Gasteiger partial charge in [0.05, 0.1) is 16.7 Å². The molecule has 3 rings (SSSR count). The normalized spacial score (nSPS) is 14.2. The van der Waals surface area contributed by atoms with Crippen molar-refractivity contribution in [3.05, 3.63) is 71.0 Å². The number of nitrogens with zero attached hydrogens (tertiary/aromatic N) is 1. The first-order valence-corrected chi connectivity index (χ1v) is 7.83. The van der Waals surface area contributed by atoms with E-state index in [0.29, 0.717) is 0 Å². The van der Waals surface area contributed by atoms with E-state index < -0.39 is 42.0 Å². The maximum absolute atomic E-state index is 13.6. The number of ether oxygens (including phenoxy) is 1. The van der Waals surface area contributed by atoms with Crippen LogP contribution in [0.25, 0.3) is 0 Å². The van der Waals surface area contributed by atoms with Crippen LogP contribution in [-0.2, 0) is 9.53 Å². The Morgan fingerprint density at radius 3 is 2.12 bits per heavy atom. The van der Waals surface area contributed by atoms with Crippen LogP contribution in [0.4, 0.5) is 4.39 Å². The highest BCUT2D eigenvalue weighted by Crippen LogP contribution is 2.24. The van der Waals surface area contributed by atoms with Crippen LogP contribution in [0.15, 0.2) is 48.5 Å². The molecule has 0 saturated carbocycles. The van der Waals surface area contributed by atoms with Crippen LogP contribution < -0.4 is 0 Å². The minimum absolute atomic E-state index is 0.200. The van der Waals surface area contributed by atoms with E-state index >= 15 is 0 Å². The van der Waals surface area contributed by atoms with Gasteiger partial charge in [0.15, 0.2) is 6.61 Å². The van der Waals surface area contributed by atoms with E-state index in [1.807, 2.05) is 0 Å². The van der Waals surface area contributed by atoms with Crippen molar-refractivity contribution in [3.8, 4) is 0 Å². The quantitative estimate of drug-likeness (QED) is 0.467. The lowest BCUT2D eigenvalue weighted by molar-refractivity contribution is -0.146. The minimum atomic E-state index is -1.21. The maximum Gasteiger partial charge on any atom is 0.329 e. The molecule has 6 nitrogen and oxygen atoms in total. The van der Waals surface area contributed by atoms with E-state index in [-0.39, 0.29) is 16.7 Å². The monoisotopic (exact) mass is 355 g/mol. The Bertz CT molecular complexity index is 889. The molecule has 1 aliphatic heterocycles. The molecule has 0 spiro atoms. The van der Waals surface area contributed by atoms with Crippen molar-refractivity contribution in [2.45, 2.75) is 13.0 Å². The lowest BCUT2D eigenvalue weighted by Gasteiger charge is -2.20. The molecule has 26 heavy (non-hydrogen) atoms. The van der Waals surface area contributed by atoms with Crippen molar-refractivity contribution in [2.75, 3.05) is 6.61 Å². The molecule has 1 atom stereocenters. The van der Waals surface area contributed by atoms with Crippen molar-refractivity contribution in [3.63, 3.8) is 0 Å². The third-order valence-electron chi connectivity index (χ3n) is 4.07. The van der Waals surface area contributed by atoms with Gasteiger partial charge in [0, 0.05) is 0 Å². The molecule has 2 amide bonds. The largest absolute Gasteiger partial charge is 0.456 e. The molecule has 0 bridgehead atoms. The molecule has 0 radical (unpaired) electrons. The zero-order valence-electron chi connectivity index (χ0n) is 13.8. The average Bonchev–Trinajstić information content (AvgIpc) is 2.90. The van der Waals surface area contributed by atoms with Crippen LogP contribution in [0.5, 0.6) is 0 Å². The van der Waals surface area contributed by atoms with Gasteiger partial charge in [-0.05, 0) is 31.2 Å². The number of Topliss-reactive ketones (excluding diaryl/α,β-unsaturated/α-hetero) is 1. The molecule has 1 heterocycles. The van der Waals surface area contributed by atoms with E-state index in [0.717, 1.165) is 11.0 Å². The number of halogens is 1. The van der Waals surface area contributed by atoms with E-state index in [2.05, 4.69) is 0 Å². The number of esters is 1. The molecule has 0 saturated heterocycles. The van der Waals surface area contributed by atoms with Gasteiger partial charge in [-0.1, -0.05) is 24.3 Å². The summed E-state index contributed by atoms with van der Waals surface area (Å²) in [6.45, 7) is 0.644. The number of imide groups is 1. The first-order chi connectivity index (χ1) is 12.4. The van der Waals surface area contributed by atoms with Crippen molar-refractivity contribution in [1.82, 2.24) is 4.90 Å². The summed E-state index contributed by atoms with van der Waals surface area (Å²) in [5.74, 6) is -3.57. The molecule has 0 aliphatic carbocycles. The first kappa shape index (κ1) is 17.5. The summed E-state index contributed by atoms with van der Waals surface area (Å²) < 4.78 is 18.4. The standard InChI is InChI=1S/C19H14FNO5/c1-11(21-17(23)12-6-2-3-7-13(12)18(21)24)19(25)26-10-16(22)14-8-4-5-9-15(14)20/h2-9,11H,10H2,1H3/t11-/m1/s1. The molecule has 1 aliphatic rings. The second-order valence-corrected chi connectivity index (χ2v) is 5.71. The average molecular weight is 355 g/mol. The minimum Gasteiger partial charge on any atom is -0.456 e. The number of benzene rings is 2. The molecule has 2 aromatic carbocycles. The number of fused-ring (bicyclic) bond motifs is 1. The van der Waals surface area contributed by atoms with Gasteiger partial charge in [0.1, 0.15) is 11.9 Å². The van der Waals surface area contributed by atoms with Crippen LogP contribution in [0.1, 0.15) is 38.0 Å². The van der Waals surface area contributed by atoms with Gasteiger partial charge in [-0.2, -0.15) is 0 Å². The van der Waals surface area contributed by atoms with Gasteiger partial charge >= 0.3 is 5.97 Å². The SMILES string of the molecule is C[C@H](C(=O)OCC(=O)c1ccccc1F)N1C(=O)c2ccccc2C1=O. The van der Waals surface area contributed by atoms with E-state index in [1.54, 1.807) is 12.1 Å². The van der Waals surface area contributed by atoms with E-state index in [9.17, 15) is 23.6 Å². The molecule has 2 aromatic rings. The van der Waals surface area contributed by atoms with Gasteiger partial charge in [-0.3, -0.25) is 19.3 Å². The van der Waals surface area contributed by atoms with E-state index in [1.165, 1.54) is 37.3 Å². The van der Waals surface area contributed by atoms with Crippen molar-refractivity contribution >= 4 is 23.6 Å². The predicted octanol–water partition coefficient (Wildman–Crippen LogP) is 2.24. The van der Waals surface area contributed by atoms with Crippen LogP contribution >= 0.6 is 0 Å². The van der Waals surface area contributed by atoms with Crippen LogP contribution in [0, 0.1) is 5.82 Å². The highest BCUT2D eigenvalue weighted by atomic mass is 19.1. The van der Waals surface area contributed by atoms with Crippen LogP contribution in [0.3, 0.4) is 0 Å². The topological polar surface area (TPSA) is 80.8 Å². The van der Waals surface area contributed by atoms with Crippen LogP contribution in [0.2, 0.25) is 0 Å². The Hall–Kier alpha value is -3.35. The Morgan fingerprint density at radius 2 is 1.54 bits per heavy atom. The number of rotatable bonds is 5. The Kier molecular flexibility index (Phi) is 4.62. The second kappa shape index (κ2) is 6.87. The van der Waals surface area contributed by atoms with E-state index in [4.69, 9.17) is 4.74 Å². The summed E-state index contributed by atoms with van der Waals surface area (Å²) in [6.07, 6.45) is 0. The van der Waals surface area contributed by atoms with Gasteiger partial charge in [-0.25, -0.2) is 9.18 Å². The molecule has 7 heteroatoms. The summed E-state index contributed by atoms with van der Waals surface area (Å²) >= 11 is 0. The fraction of sp³-hybridized carbons (Fsp3) is 0.158. The maximum atomic E-state index is 13.6. The number of carbonyl (C=O) groups is 4. The molecular weight excluding hydrogens is 341 g/mol. The molecule has 0 unspecified atom stereocenters. The Morgan fingerprint density at radius 1 is 1.00 bits per heavy atom. The van der Waals surface area contributed by atoms with Crippen molar-refractivity contribution in [1.29, 1.82) is 0 Å². The summed E-state index contributed by atoms with van der Waals surface area (Å²) in [6, 6.07) is 10.3.